The maximum Gasteiger partial charge on any atom is 0.0270 e. The molecular formula is C15H26N2. The van der Waals surface area contributed by atoms with E-state index in [1.165, 1.54) is 12.0 Å². The fourth-order valence-electron chi connectivity index (χ4n) is 1.89. The minimum absolute atomic E-state index is 0.382. The van der Waals surface area contributed by atoms with Crippen LogP contribution in [-0.2, 0) is 6.42 Å². The van der Waals surface area contributed by atoms with Gasteiger partial charge in [-0.2, -0.15) is 0 Å². The molecule has 0 aromatic carbocycles. The fourth-order valence-corrected chi connectivity index (χ4v) is 1.89. The van der Waals surface area contributed by atoms with Crippen LogP contribution in [-0.4, -0.2) is 18.1 Å². The lowest BCUT2D eigenvalue weighted by molar-refractivity contribution is 0.225. The van der Waals surface area contributed by atoms with Crippen molar-refractivity contribution in [2.75, 3.05) is 7.05 Å². The molecule has 0 aliphatic carbocycles. The van der Waals surface area contributed by atoms with Gasteiger partial charge in [-0.3, -0.25) is 4.98 Å². The highest BCUT2D eigenvalue weighted by Gasteiger charge is 2.22. The first-order chi connectivity index (χ1) is 7.93. The van der Waals surface area contributed by atoms with Gasteiger partial charge < -0.3 is 5.32 Å². The first-order valence-corrected chi connectivity index (χ1v) is 6.49. The molecule has 2 atom stereocenters. The van der Waals surface area contributed by atoms with Crippen LogP contribution in [0.2, 0.25) is 0 Å². The molecule has 0 saturated carbocycles. The topological polar surface area (TPSA) is 24.9 Å². The smallest absolute Gasteiger partial charge is 0.0270 e. The number of nitrogens with zero attached hydrogens (tertiary/aromatic N) is 1. The van der Waals surface area contributed by atoms with Gasteiger partial charge in [-0.05, 0) is 48.9 Å². The van der Waals surface area contributed by atoms with Crippen molar-refractivity contribution < 1.29 is 0 Å². The second-order valence-corrected chi connectivity index (χ2v) is 6.05. The van der Waals surface area contributed by atoms with Crippen LogP contribution in [0.25, 0.3) is 0 Å². The third-order valence-corrected chi connectivity index (χ3v) is 3.76. The summed E-state index contributed by atoms with van der Waals surface area (Å²) in [6.45, 7) is 9.29. The zero-order chi connectivity index (χ0) is 12.9. The van der Waals surface area contributed by atoms with Crippen molar-refractivity contribution in [2.45, 2.75) is 46.6 Å². The zero-order valence-electron chi connectivity index (χ0n) is 11.8. The molecule has 1 aromatic rings. The largest absolute Gasteiger partial charge is 0.317 e. The van der Waals surface area contributed by atoms with Gasteiger partial charge in [0.05, 0.1) is 0 Å². The summed E-state index contributed by atoms with van der Waals surface area (Å²) < 4.78 is 0. The highest BCUT2D eigenvalue weighted by Crippen LogP contribution is 2.29. The lowest BCUT2D eigenvalue weighted by Crippen LogP contribution is -2.33. The molecule has 2 nitrogen and oxygen atoms in total. The standard InChI is InChI=1S/C15H26N2/c1-12(15(2,3)4)10-14(16-5)11-13-6-8-17-9-7-13/h6-9,12,14,16H,10-11H2,1-5H3. The SMILES string of the molecule is CNC(Cc1ccncc1)CC(C)C(C)(C)C. The van der Waals surface area contributed by atoms with Gasteiger partial charge in [0, 0.05) is 18.4 Å². The molecule has 1 rings (SSSR count). The third kappa shape index (κ3) is 4.86. The Morgan fingerprint density at radius 3 is 2.29 bits per heavy atom. The monoisotopic (exact) mass is 234 g/mol. The van der Waals surface area contributed by atoms with E-state index >= 15 is 0 Å². The van der Waals surface area contributed by atoms with E-state index in [1.807, 2.05) is 12.4 Å². The quantitative estimate of drug-likeness (QED) is 0.845. The Balaban J connectivity index is 2.55. The maximum absolute atomic E-state index is 4.06. The van der Waals surface area contributed by atoms with Gasteiger partial charge in [0.15, 0.2) is 0 Å². The van der Waals surface area contributed by atoms with Crippen molar-refractivity contribution in [3.8, 4) is 0 Å². The normalized spacial score (nSPS) is 15.6. The lowest BCUT2D eigenvalue weighted by atomic mass is 9.78. The number of likely N-dealkylation sites (N-methyl/N-ethyl adjacent to an activating group) is 1. The number of pyridine rings is 1. The van der Waals surface area contributed by atoms with Gasteiger partial charge in [-0.1, -0.05) is 27.7 Å². The van der Waals surface area contributed by atoms with Gasteiger partial charge in [0.2, 0.25) is 0 Å². The molecule has 2 heteroatoms. The number of aromatic nitrogens is 1. The van der Waals surface area contributed by atoms with Gasteiger partial charge in [-0.15, -0.1) is 0 Å². The van der Waals surface area contributed by atoms with Crippen molar-refractivity contribution in [1.29, 1.82) is 0 Å². The molecule has 2 unspecified atom stereocenters. The molecule has 0 bridgehead atoms. The predicted molar refractivity (Wildman–Crippen MR) is 74.0 cm³/mol. The second-order valence-electron chi connectivity index (χ2n) is 6.05. The summed E-state index contributed by atoms with van der Waals surface area (Å²) in [4.78, 5) is 4.06. The van der Waals surface area contributed by atoms with Crippen molar-refractivity contribution in [3.05, 3.63) is 30.1 Å². The molecular weight excluding hydrogens is 208 g/mol. The van der Waals surface area contributed by atoms with E-state index < -0.39 is 0 Å². The van der Waals surface area contributed by atoms with Crippen molar-refractivity contribution in [2.24, 2.45) is 11.3 Å². The molecule has 1 aromatic heterocycles. The Kier molecular flexibility index (Phi) is 5.13. The summed E-state index contributed by atoms with van der Waals surface area (Å²) in [7, 11) is 2.06. The summed E-state index contributed by atoms with van der Waals surface area (Å²) in [6.07, 6.45) is 6.03. The third-order valence-electron chi connectivity index (χ3n) is 3.76. The molecule has 0 aliphatic rings. The van der Waals surface area contributed by atoms with E-state index in [0.29, 0.717) is 17.4 Å². The Morgan fingerprint density at radius 2 is 1.82 bits per heavy atom. The fraction of sp³-hybridized carbons (Fsp3) is 0.667. The van der Waals surface area contributed by atoms with Crippen LogP contribution in [0.4, 0.5) is 0 Å². The van der Waals surface area contributed by atoms with Crippen LogP contribution in [0.5, 0.6) is 0 Å². The van der Waals surface area contributed by atoms with Crippen LogP contribution >= 0.6 is 0 Å². The minimum Gasteiger partial charge on any atom is -0.317 e. The van der Waals surface area contributed by atoms with Crippen LogP contribution in [0.1, 0.15) is 39.7 Å². The number of rotatable bonds is 5. The van der Waals surface area contributed by atoms with Crippen LogP contribution in [0, 0.1) is 11.3 Å². The lowest BCUT2D eigenvalue weighted by Gasteiger charge is -2.30. The van der Waals surface area contributed by atoms with E-state index in [1.54, 1.807) is 0 Å². The molecule has 0 saturated heterocycles. The van der Waals surface area contributed by atoms with Gasteiger partial charge in [0.25, 0.3) is 0 Å². The van der Waals surface area contributed by atoms with E-state index in [-0.39, 0.29) is 0 Å². The molecule has 0 aliphatic heterocycles. The number of hydrogen-bond acceptors (Lipinski definition) is 2. The summed E-state index contributed by atoms with van der Waals surface area (Å²) in [5, 5.41) is 3.43. The van der Waals surface area contributed by atoms with E-state index in [4.69, 9.17) is 0 Å². The second kappa shape index (κ2) is 6.15. The molecule has 0 amide bonds. The number of hydrogen-bond donors (Lipinski definition) is 1. The molecule has 0 radical (unpaired) electrons. The van der Waals surface area contributed by atoms with Crippen LogP contribution in [0.3, 0.4) is 0 Å². The Hall–Kier alpha value is -0.890. The molecule has 0 spiro atoms. The summed E-state index contributed by atoms with van der Waals surface area (Å²) in [5.41, 5.74) is 1.74. The molecule has 1 N–H and O–H groups in total. The van der Waals surface area contributed by atoms with E-state index in [0.717, 1.165) is 6.42 Å². The first kappa shape index (κ1) is 14.2. The molecule has 96 valence electrons. The minimum atomic E-state index is 0.382. The molecule has 1 heterocycles. The average Bonchev–Trinajstić information content (AvgIpc) is 2.28. The summed E-state index contributed by atoms with van der Waals surface area (Å²) in [5.74, 6) is 0.710. The molecule has 0 fully saturated rings. The van der Waals surface area contributed by atoms with Gasteiger partial charge in [-0.25, -0.2) is 0 Å². The Bertz CT molecular complexity index is 313. The highest BCUT2D eigenvalue weighted by atomic mass is 14.9. The van der Waals surface area contributed by atoms with Crippen LogP contribution < -0.4 is 5.32 Å². The van der Waals surface area contributed by atoms with Crippen molar-refractivity contribution >= 4 is 0 Å². The Morgan fingerprint density at radius 1 is 1.24 bits per heavy atom. The average molecular weight is 234 g/mol. The van der Waals surface area contributed by atoms with Gasteiger partial charge >= 0.3 is 0 Å². The predicted octanol–water partition coefficient (Wildman–Crippen LogP) is 3.28. The van der Waals surface area contributed by atoms with E-state index in [2.05, 4.69) is 57.2 Å². The van der Waals surface area contributed by atoms with Crippen molar-refractivity contribution in [1.82, 2.24) is 10.3 Å². The Labute approximate surface area is 106 Å². The molecule has 17 heavy (non-hydrogen) atoms. The summed E-state index contributed by atoms with van der Waals surface area (Å²) in [6, 6.07) is 4.75. The van der Waals surface area contributed by atoms with Crippen LogP contribution in [0.15, 0.2) is 24.5 Å². The maximum atomic E-state index is 4.06. The van der Waals surface area contributed by atoms with Gasteiger partial charge in [0.1, 0.15) is 0 Å². The number of nitrogens with one attached hydrogen (secondary N) is 1. The van der Waals surface area contributed by atoms with E-state index in [9.17, 15) is 0 Å². The summed E-state index contributed by atoms with van der Waals surface area (Å²) >= 11 is 0. The first-order valence-electron chi connectivity index (χ1n) is 6.49. The zero-order valence-corrected chi connectivity index (χ0v) is 11.8. The van der Waals surface area contributed by atoms with Crippen molar-refractivity contribution in [3.63, 3.8) is 0 Å². The highest BCUT2D eigenvalue weighted by molar-refractivity contribution is 5.11.